The van der Waals surface area contributed by atoms with Crippen molar-refractivity contribution in [1.82, 2.24) is 14.8 Å². The Morgan fingerprint density at radius 3 is 2.68 bits per heavy atom. The van der Waals surface area contributed by atoms with E-state index < -0.39 is 17.0 Å². The first-order valence-electron chi connectivity index (χ1n) is 11.1. The van der Waals surface area contributed by atoms with E-state index in [9.17, 15) is 19.6 Å². The topological polar surface area (TPSA) is 104 Å². The van der Waals surface area contributed by atoms with Gasteiger partial charge in [0.1, 0.15) is 5.82 Å². The molecule has 5 rings (SSSR count). The van der Waals surface area contributed by atoms with Crippen LogP contribution in [0.3, 0.4) is 0 Å². The number of methoxy groups -OCH3 is 1. The molecule has 0 aliphatic heterocycles. The summed E-state index contributed by atoms with van der Waals surface area (Å²) >= 11 is 0. The van der Waals surface area contributed by atoms with Crippen LogP contribution in [0.1, 0.15) is 50.3 Å². The van der Waals surface area contributed by atoms with Gasteiger partial charge in [0, 0.05) is 41.1 Å². The van der Waals surface area contributed by atoms with E-state index in [-0.39, 0.29) is 18.2 Å². The first-order valence-corrected chi connectivity index (χ1v) is 11.1. The number of aliphatic carboxylic acids is 1. The molecule has 2 N–H and O–H groups in total. The molecular weight excluding hydrogens is 435 g/mol. The predicted molar refractivity (Wildman–Crippen MR) is 125 cm³/mol. The fourth-order valence-corrected chi connectivity index (χ4v) is 5.34. The van der Waals surface area contributed by atoms with E-state index in [0.29, 0.717) is 12.8 Å². The van der Waals surface area contributed by atoms with E-state index in [2.05, 4.69) is 20.8 Å². The summed E-state index contributed by atoms with van der Waals surface area (Å²) in [6.07, 6.45) is 2.67. The van der Waals surface area contributed by atoms with Crippen LogP contribution in [-0.2, 0) is 14.9 Å². The van der Waals surface area contributed by atoms with Gasteiger partial charge >= 0.3 is 5.97 Å². The predicted octanol–water partition coefficient (Wildman–Crippen LogP) is 5.18. The van der Waals surface area contributed by atoms with Gasteiger partial charge in [-0.3, -0.25) is 5.10 Å². The van der Waals surface area contributed by atoms with Crippen LogP contribution in [0.4, 0.5) is 4.39 Å². The summed E-state index contributed by atoms with van der Waals surface area (Å²) in [4.78, 5) is 11.9. The van der Waals surface area contributed by atoms with Gasteiger partial charge in [0.2, 0.25) is 0 Å². The van der Waals surface area contributed by atoms with Gasteiger partial charge < -0.3 is 14.4 Å². The Balaban J connectivity index is 1.84. The number of hydrogen-bond donors (Lipinski definition) is 2. The highest BCUT2D eigenvalue weighted by atomic mass is 19.1. The van der Waals surface area contributed by atoms with E-state index in [0.717, 1.165) is 38.8 Å². The quantitative estimate of drug-likeness (QED) is 0.412. The number of halogens is 1. The van der Waals surface area contributed by atoms with Gasteiger partial charge in [0.25, 0.3) is 0 Å². The summed E-state index contributed by atoms with van der Waals surface area (Å²) in [6, 6.07) is 12.7. The summed E-state index contributed by atoms with van der Waals surface area (Å²) in [6.45, 7) is 4.03. The fourth-order valence-electron chi connectivity index (χ4n) is 5.34. The number of carbonyl (C=O) groups is 1. The summed E-state index contributed by atoms with van der Waals surface area (Å²) in [5.74, 6) is -1.38. The van der Waals surface area contributed by atoms with Crippen LogP contribution < -0.4 is 0 Å². The molecule has 1 fully saturated rings. The van der Waals surface area contributed by atoms with Crippen molar-refractivity contribution in [3.05, 3.63) is 59.7 Å². The molecule has 0 radical (unpaired) electrons. The second-order valence-corrected chi connectivity index (χ2v) is 9.73. The van der Waals surface area contributed by atoms with Gasteiger partial charge in [0.05, 0.1) is 23.3 Å². The van der Waals surface area contributed by atoms with Gasteiger partial charge in [-0.15, -0.1) is 0 Å². The zero-order valence-corrected chi connectivity index (χ0v) is 19.2. The molecule has 2 aromatic carbocycles. The van der Waals surface area contributed by atoms with Crippen LogP contribution in [0.5, 0.6) is 0 Å². The molecule has 0 spiro atoms. The molecule has 0 unspecified atom stereocenters. The third-order valence-corrected chi connectivity index (χ3v) is 7.15. The third-order valence-electron chi connectivity index (χ3n) is 7.15. The lowest BCUT2D eigenvalue weighted by Gasteiger charge is -2.44. The number of carboxylic acid groups (broad SMARTS) is 1. The third kappa shape index (κ3) is 3.19. The lowest BCUT2D eigenvalue weighted by molar-refractivity contribution is -0.175. The standard InChI is InChI=1S/C26H25FN4O3/c1-25(2,8-9-28)23-22(16-12-26(13-16,34-3)24(32)33)19-11-20-15(14-29-30-20)10-21(19)31(23)18-6-4-17(27)5-7-18/h4-7,10-11,14,16H,8,12-13H2,1-3H3,(H,29,30)(H,32,33)/t16-,26+. The number of hydrogen-bond acceptors (Lipinski definition) is 4. The van der Waals surface area contributed by atoms with E-state index in [4.69, 9.17) is 4.74 Å². The highest BCUT2D eigenvalue weighted by molar-refractivity contribution is 5.99. The molecular formula is C26H25FN4O3. The molecule has 1 saturated carbocycles. The first kappa shape index (κ1) is 22.1. The minimum absolute atomic E-state index is 0.0754. The molecule has 0 amide bonds. The van der Waals surface area contributed by atoms with Gasteiger partial charge in [-0.1, -0.05) is 13.8 Å². The lowest BCUT2D eigenvalue weighted by atomic mass is 9.65. The van der Waals surface area contributed by atoms with Gasteiger partial charge in [-0.05, 0) is 60.7 Å². The van der Waals surface area contributed by atoms with Crippen LogP contribution in [0.15, 0.2) is 42.6 Å². The number of aromatic amines is 1. The maximum atomic E-state index is 13.8. The number of nitrogens with one attached hydrogen (secondary N) is 1. The van der Waals surface area contributed by atoms with Crippen molar-refractivity contribution < 1.29 is 19.0 Å². The molecule has 8 heteroatoms. The van der Waals surface area contributed by atoms with Crippen molar-refractivity contribution >= 4 is 27.8 Å². The number of nitriles is 1. The summed E-state index contributed by atoms with van der Waals surface area (Å²) < 4.78 is 21.3. The smallest absolute Gasteiger partial charge is 0.335 e. The molecule has 0 bridgehead atoms. The number of fused-ring (bicyclic) bond motifs is 2. The average Bonchev–Trinajstić information content (AvgIpc) is 3.35. The zero-order chi connectivity index (χ0) is 24.3. The Labute approximate surface area is 195 Å². The van der Waals surface area contributed by atoms with Crippen molar-refractivity contribution in [3.63, 3.8) is 0 Å². The number of carboxylic acids is 1. The fraction of sp³-hybridized carbons (Fsp3) is 0.346. The number of aromatic nitrogens is 3. The summed E-state index contributed by atoms with van der Waals surface area (Å²) in [5.41, 5.74) is 2.70. The Morgan fingerprint density at radius 1 is 1.35 bits per heavy atom. The van der Waals surface area contributed by atoms with Gasteiger partial charge in [-0.25, -0.2) is 9.18 Å². The summed E-state index contributed by atoms with van der Waals surface area (Å²) in [5, 5.41) is 28.5. The second-order valence-electron chi connectivity index (χ2n) is 9.73. The zero-order valence-electron chi connectivity index (χ0n) is 19.2. The average molecular weight is 461 g/mol. The number of nitrogens with zero attached hydrogens (tertiary/aromatic N) is 3. The highest BCUT2D eigenvalue weighted by Gasteiger charge is 2.53. The number of benzene rings is 2. The normalized spacial score (nSPS) is 20.4. The monoisotopic (exact) mass is 460 g/mol. The molecule has 174 valence electrons. The van der Waals surface area contributed by atoms with Crippen LogP contribution in [0.2, 0.25) is 0 Å². The van der Waals surface area contributed by atoms with Crippen LogP contribution in [0, 0.1) is 17.1 Å². The Bertz CT molecular complexity index is 1450. The van der Waals surface area contributed by atoms with Crippen molar-refractivity contribution in [1.29, 1.82) is 5.26 Å². The highest BCUT2D eigenvalue weighted by Crippen LogP contribution is 2.53. The molecule has 2 aromatic heterocycles. The van der Waals surface area contributed by atoms with E-state index >= 15 is 0 Å². The lowest BCUT2D eigenvalue weighted by Crippen LogP contribution is -2.51. The largest absolute Gasteiger partial charge is 0.479 e. The second kappa shape index (κ2) is 7.67. The van der Waals surface area contributed by atoms with Gasteiger partial charge in [0.15, 0.2) is 5.60 Å². The molecule has 34 heavy (non-hydrogen) atoms. The Hall–Kier alpha value is -3.70. The molecule has 2 heterocycles. The Kier molecular flexibility index (Phi) is 4.99. The van der Waals surface area contributed by atoms with Crippen LogP contribution in [-0.4, -0.2) is 38.6 Å². The maximum Gasteiger partial charge on any atom is 0.335 e. The minimum Gasteiger partial charge on any atom is -0.479 e. The van der Waals surface area contributed by atoms with Gasteiger partial charge in [-0.2, -0.15) is 10.4 Å². The van der Waals surface area contributed by atoms with Crippen LogP contribution >= 0.6 is 0 Å². The van der Waals surface area contributed by atoms with Crippen molar-refractivity contribution in [2.75, 3.05) is 7.11 Å². The number of H-pyrrole nitrogens is 1. The van der Waals surface area contributed by atoms with E-state index in [1.807, 2.05) is 26.0 Å². The van der Waals surface area contributed by atoms with Crippen molar-refractivity contribution in [3.8, 4) is 11.8 Å². The molecule has 7 nitrogen and oxygen atoms in total. The summed E-state index contributed by atoms with van der Waals surface area (Å²) in [7, 11) is 1.43. The SMILES string of the molecule is CO[C@]1(C(=O)O)C[C@H](c2c(C(C)(C)CC#N)n(-c3ccc(F)cc3)c3cc4cn[nH]c4cc32)C1. The van der Waals surface area contributed by atoms with E-state index in [1.54, 1.807) is 18.3 Å². The molecule has 1 aliphatic rings. The molecule has 0 saturated heterocycles. The minimum atomic E-state index is -1.22. The Morgan fingerprint density at radius 2 is 2.06 bits per heavy atom. The van der Waals surface area contributed by atoms with Crippen molar-refractivity contribution in [2.24, 2.45) is 0 Å². The molecule has 1 aliphatic carbocycles. The number of rotatable bonds is 6. The first-order chi connectivity index (χ1) is 16.2. The molecule has 0 atom stereocenters. The van der Waals surface area contributed by atoms with Crippen LogP contribution in [0.25, 0.3) is 27.5 Å². The molecule has 4 aromatic rings. The van der Waals surface area contributed by atoms with E-state index in [1.165, 1.54) is 19.2 Å². The number of ether oxygens (including phenoxy) is 1. The van der Waals surface area contributed by atoms with Crippen molar-refractivity contribution in [2.45, 2.75) is 50.0 Å². The maximum absolute atomic E-state index is 13.8.